The maximum Gasteiger partial charge on any atom is 0.416 e. The van der Waals surface area contributed by atoms with Crippen molar-refractivity contribution in [1.82, 2.24) is 24.4 Å². The molecule has 0 saturated heterocycles. The highest BCUT2D eigenvalue weighted by Gasteiger charge is 2.39. The molecule has 2 aromatic carbocycles. The van der Waals surface area contributed by atoms with Crippen molar-refractivity contribution in [3.05, 3.63) is 75.2 Å². The molecule has 0 spiro atoms. The minimum absolute atomic E-state index is 0.0965. The van der Waals surface area contributed by atoms with Gasteiger partial charge in [0.25, 0.3) is 0 Å². The van der Waals surface area contributed by atoms with Crippen molar-refractivity contribution < 1.29 is 49.2 Å². The van der Waals surface area contributed by atoms with Crippen molar-refractivity contribution in [2.75, 3.05) is 6.54 Å². The van der Waals surface area contributed by atoms with Crippen LogP contribution in [0.4, 0.5) is 26.3 Å². The van der Waals surface area contributed by atoms with Gasteiger partial charge >= 0.3 is 28.3 Å². The third-order valence-electron chi connectivity index (χ3n) is 5.47. The first kappa shape index (κ1) is 32.1. The zero-order valence-corrected chi connectivity index (χ0v) is 21.9. The van der Waals surface area contributed by atoms with Gasteiger partial charge in [-0.3, -0.25) is 13.9 Å². The Labute approximate surface area is 232 Å². The van der Waals surface area contributed by atoms with E-state index in [-0.39, 0.29) is 22.0 Å². The first-order valence-electron chi connectivity index (χ1n) is 11.2. The van der Waals surface area contributed by atoms with E-state index in [1.165, 1.54) is 24.3 Å². The summed E-state index contributed by atoms with van der Waals surface area (Å²) in [6.45, 7) is -3.08. The van der Waals surface area contributed by atoms with Crippen molar-refractivity contribution in [1.29, 1.82) is 0 Å². The lowest BCUT2D eigenvalue weighted by atomic mass is 10.0. The number of carbonyl (C=O) groups is 1. The lowest BCUT2D eigenvalue weighted by Gasteiger charge is -2.20. The van der Waals surface area contributed by atoms with Crippen LogP contribution in [0.2, 0.25) is 5.02 Å². The average molecular weight is 632 g/mol. The van der Waals surface area contributed by atoms with Gasteiger partial charge in [-0.2, -0.15) is 39.5 Å². The summed E-state index contributed by atoms with van der Waals surface area (Å²) in [7, 11) is -4.85. The molecule has 1 unspecified atom stereocenters. The standard InChI is InChI=1S/C22H20ClF6N5O6S/c23-15-6-4-12(5-7-15)19-32-34(20(37)33(19)10-17(35)22(27,28)29)11-18(36)31-16(9-30-41(38,39)40)13-2-1-3-14(8-13)21(24,25)26/h1-8,16-17,30,35H,9-11H2,(H,31,36)(H,38,39,40)/t16?,17-/m0/s1. The largest absolute Gasteiger partial charge is 0.416 e. The zero-order valence-electron chi connectivity index (χ0n) is 20.3. The molecule has 3 aromatic rings. The van der Waals surface area contributed by atoms with Gasteiger partial charge in [0, 0.05) is 17.1 Å². The van der Waals surface area contributed by atoms with E-state index in [2.05, 4.69) is 10.4 Å². The highest BCUT2D eigenvalue weighted by atomic mass is 35.5. The van der Waals surface area contributed by atoms with Crippen LogP contribution in [0.25, 0.3) is 11.4 Å². The maximum atomic E-state index is 13.2. The van der Waals surface area contributed by atoms with E-state index < -0.39 is 71.6 Å². The van der Waals surface area contributed by atoms with Crippen molar-refractivity contribution in [2.45, 2.75) is 37.6 Å². The number of aliphatic hydroxyl groups excluding tert-OH is 1. The van der Waals surface area contributed by atoms with Crippen LogP contribution < -0.4 is 15.7 Å². The van der Waals surface area contributed by atoms with Gasteiger partial charge in [-0.15, -0.1) is 5.10 Å². The molecule has 0 aliphatic carbocycles. The summed E-state index contributed by atoms with van der Waals surface area (Å²) in [5.41, 5.74) is -2.52. The van der Waals surface area contributed by atoms with Crippen LogP contribution in [0.3, 0.4) is 0 Å². The summed E-state index contributed by atoms with van der Waals surface area (Å²) < 4.78 is 112. The fourth-order valence-electron chi connectivity index (χ4n) is 3.55. The second kappa shape index (κ2) is 12.2. The van der Waals surface area contributed by atoms with Crippen LogP contribution in [-0.2, 0) is 34.4 Å². The molecule has 11 nitrogen and oxygen atoms in total. The van der Waals surface area contributed by atoms with Crippen molar-refractivity contribution >= 4 is 27.8 Å². The Bertz CT molecular complexity index is 1560. The maximum absolute atomic E-state index is 13.2. The van der Waals surface area contributed by atoms with Crippen LogP contribution in [-0.4, -0.2) is 57.2 Å². The number of aromatic nitrogens is 3. The van der Waals surface area contributed by atoms with Gasteiger partial charge in [0.15, 0.2) is 11.9 Å². The number of amides is 1. The van der Waals surface area contributed by atoms with Gasteiger partial charge in [0.05, 0.1) is 18.2 Å². The number of hydrogen-bond donors (Lipinski definition) is 4. The van der Waals surface area contributed by atoms with E-state index >= 15 is 0 Å². The summed E-state index contributed by atoms with van der Waals surface area (Å²) in [5, 5.41) is 15.9. The molecule has 0 aliphatic rings. The van der Waals surface area contributed by atoms with E-state index in [1.807, 2.05) is 0 Å². The molecule has 1 aromatic heterocycles. The highest BCUT2D eigenvalue weighted by Crippen LogP contribution is 2.31. The van der Waals surface area contributed by atoms with Gasteiger partial charge in [-0.1, -0.05) is 23.7 Å². The Morgan fingerprint density at radius 2 is 1.71 bits per heavy atom. The van der Waals surface area contributed by atoms with Gasteiger partial charge in [-0.05, 0) is 42.0 Å². The predicted octanol–water partition coefficient (Wildman–Crippen LogP) is 2.56. The van der Waals surface area contributed by atoms with Gasteiger partial charge in [-0.25, -0.2) is 9.48 Å². The number of rotatable bonds is 10. The zero-order chi connectivity index (χ0) is 30.8. The Hall–Kier alpha value is -3.45. The van der Waals surface area contributed by atoms with Crippen molar-refractivity contribution in [3.63, 3.8) is 0 Å². The molecule has 224 valence electrons. The number of alkyl halides is 6. The topological polar surface area (TPSA) is 156 Å². The minimum atomic E-state index is -5.10. The van der Waals surface area contributed by atoms with Crippen LogP contribution in [0.15, 0.2) is 53.3 Å². The smallest absolute Gasteiger partial charge is 0.382 e. The number of benzene rings is 2. The molecule has 0 fully saturated rings. The first-order valence-corrected chi connectivity index (χ1v) is 13.0. The molecule has 0 bridgehead atoms. The Kier molecular flexibility index (Phi) is 9.54. The predicted molar refractivity (Wildman–Crippen MR) is 131 cm³/mol. The second-order valence-corrected chi connectivity index (χ2v) is 10.2. The van der Waals surface area contributed by atoms with Crippen LogP contribution in [0.1, 0.15) is 17.2 Å². The van der Waals surface area contributed by atoms with E-state index in [9.17, 15) is 49.5 Å². The van der Waals surface area contributed by atoms with E-state index in [0.29, 0.717) is 15.3 Å². The molecule has 4 N–H and O–H groups in total. The number of nitrogens with zero attached hydrogens (tertiary/aromatic N) is 3. The summed E-state index contributed by atoms with van der Waals surface area (Å²) in [4.78, 5) is 25.7. The van der Waals surface area contributed by atoms with Crippen molar-refractivity contribution in [3.8, 4) is 11.4 Å². The van der Waals surface area contributed by atoms with Crippen LogP contribution >= 0.6 is 11.6 Å². The minimum Gasteiger partial charge on any atom is -0.382 e. The molecule has 41 heavy (non-hydrogen) atoms. The van der Waals surface area contributed by atoms with Crippen LogP contribution in [0.5, 0.6) is 0 Å². The van der Waals surface area contributed by atoms with E-state index in [0.717, 1.165) is 18.2 Å². The van der Waals surface area contributed by atoms with E-state index in [1.54, 1.807) is 4.72 Å². The molecule has 3 rings (SSSR count). The summed E-state index contributed by atoms with van der Waals surface area (Å²) in [6.07, 6.45) is -12.9. The summed E-state index contributed by atoms with van der Waals surface area (Å²) >= 11 is 5.82. The quantitative estimate of drug-likeness (QED) is 0.198. The number of carbonyl (C=O) groups excluding carboxylic acids is 1. The number of nitrogens with one attached hydrogen (secondary N) is 2. The second-order valence-electron chi connectivity index (χ2n) is 8.51. The monoisotopic (exact) mass is 631 g/mol. The molecule has 0 radical (unpaired) electrons. The van der Waals surface area contributed by atoms with Crippen molar-refractivity contribution in [2.24, 2.45) is 0 Å². The molecular formula is C22H20ClF6N5O6S. The SMILES string of the molecule is O=C(Cn1nc(-c2ccc(Cl)cc2)n(C[C@H](O)C(F)(F)F)c1=O)NC(CNS(=O)(=O)O)c1cccc(C(F)(F)F)c1. The van der Waals surface area contributed by atoms with Crippen LogP contribution in [0, 0.1) is 0 Å². The molecule has 2 atom stereocenters. The Morgan fingerprint density at radius 1 is 1.07 bits per heavy atom. The molecule has 19 heteroatoms. The molecule has 1 heterocycles. The van der Waals surface area contributed by atoms with Gasteiger partial charge in [0.1, 0.15) is 6.54 Å². The summed E-state index contributed by atoms with van der Waals surface area (Å²) in [5.74, 6) is -1.49. The third kappa shape index (κ3) is 8.77. The molecule has 0 aliphatic heterocycles. The normalized spacial score (nSPS) is 14.1. The number of aliphatic hydroxyl groups is 1. The first-order chi connectivity index (χ1) is 18.8. The average Bonchev–Trinajstić information content (AvgIpc) is 3.15. The Morgan fingerprint density at radius 3 is 2.27 bits per heavy atom. The molecule has 1 amide bonds. The van der Waals surface area contributed by atoms with Gasteiger partial charge < -0.3 is 10.4 Å². The third-order valence-corrected chi connectivity index (χ3v) is 6.26. The lowest BCUT2D eigenvalue weighted by Crippen LogP contribution is -2.41. The fraction of sp³-hybridized carbons (Fsp3) is 0.318. The Balaban J connectivity index is 1.95. The fourth-order valence-corrected chi connectivity index (χ4v) is 4.05. The van der Waals surface area contributed by atoms with Gasteiger partial charge in [0.2, 0.25) is 5.91 Å². The van der Waals surface area contributed by atoms with E-state index in [4.69, 9.17) is 16.2 Å². The molecular weight excluding hydrogens is 612 g/mol. The highest BCUT2D eigenvalue weighted by molar-refractivity contribution is 7.83. The number of hydrogen-bond acceptors (Lipinski definition) is 6. The number of halogens is 7. The molecule has 0 saturated carbocycles. The summed E-state index contributed by atoms with van der Waals surface area (Å²) in [6, 6.07) is 7.27. The lowest BCUT2D eigenvalue weighted by molar-refractivity contribution is -0.207.